The number of nitrogens with two attached hydrogens (primary N) is 1. The van der Waals surface area contributed by atoms with E-state index in [4.69, 9.17) is 10.5 Å². The quantitative estimate of drug-likeness (QED) is 0.611. The number of nitrogen functional groups attached to an aromatic ring is 1. The summed E-state index contributed by atoms with van der Waals surface area (Å²) in [6, 6.07) is 0. The van der Waals surface area contributed by atoms with Gasteiger partial charge in [0, 0.05) is 0 Å². The highest BCUT2D eigenvalue weighted by Crippen LogP contribution is 2.32. The first-order valence-corrected chi connectivity index (χ1v) is 5.95. The molecule has 9 heteroatoms. The number of ether oxygens (including phenoxy) is 1. The molecule has 0 bridgehead atoms. The zero-order valence-electron chi connectivity index (χ0n) is 10.5. The largest absolute Gasteiger partial charge is 0.387 e. The molecule has 0 aromatic carbocycles. The van der Waals surface area contributed by atoms with Gasteiger partial charge in [-0.2, -0.15) is 0 Å². The molecule has 0 unspecified atom stereocenters. The van der Waals surface area contributed by atoms with Crippen molar-refractivity contribution < 1.29 is 19.7 Å². The Bertz CT molecular complexity index is 672. The molecule has 106 valence electrons. The van der Waals surface area contributed by atoms with Crippen molar-refractivity contribution in [1.82, 2.24) is 19.5 Å². The lowest BCUT2D eigenvalue weighted by atomic mass is 10.1. The van der Waals surface area contributed by atoms with Crippen LogP contribution in [0.1, 0.15) is 13.2 Å². The maximum atomic E-state index is 11.4. The molecule has 3 rings (SSSR count). The molecular formula is C11H13N5O4. The summed E-state index contributed by atoms with van der Waals surface area (Å²) in [4.78, 5) is 23.3. The van der Waals surface area contributed by atoms with Crippen LogP contribution in [0.15, 0.2) is 12.7 Å². The molecule has 0 saturated carbocycles. The van der Waals surface area contributed by atoms with Crippen LogP contribution in [0.2, 0.25) is 0 Å². The minimum absolute atomic E-state index is 0.199. The van der Waals surface area contributed by atoms with Crippen molar-refractivity contribution >= 4 is 22.8 Å². The number of imidazole rings is 1. The average molecular weight is 279 g/mol. The second kappa shape index (κ2) is 4.47. The SMILES string of the molecule is CC(=O)[C@H]1O[C@@H](n2cnc3c(N)ncnc32)[C@H](O)[C@@H]1O. The van der Waals surface area contributed by atoms with Crippen molar-refractivity contribution in [3.8, 4) is 0 Å². The van der Waals surface area contributed by atoms with Crippen LogP contribution in [0.4, 0.5) is 5.82 Å². The number of hydrogen-bond acceptors (Lipinski definition) is 8. The van der Waals surface area contributed by atoms with E-state index in [0.29, 0.717) is 11.2 Å². The molecule has 2 aromatic rings. The molecule has 1 saturated heterocycles. The molecule has 20 heavy (non-hydrogen) atoms. The Morgan fingerprint density at radius 3 is 2.75 bits per heavy atom. The fraction of sp³-hybridized carbons (Fsp3) is 0.455. The molecule has 4 N–H and O–H groups in total. The van der Waals surface area contributed by atoms with Crippen LogP contribution in [-0.4, -0.2) is 53.8 Å². The second-order valence-electron chi connectivity index (χ2n) is 4.62. The maximum absolute atomic E-state index is 11.4. The monoisotopic (exact) mass is 279 g/mol. The number of aliphatic hydroxyl groups excluding tert-OH is 2. The van der Waals surface area contributed by atoms with Gasteiger partial charge >= 0.3 is 0 Å². The van der Waals surface area contributed by atoms with Gasteiger partial charge < -0.3 is 20.7 Å². The molecule has 0 amide bonds. The number of aliphatic hydroxyl groups is 2. The van der Waals surface area contributed by atoms with Crippen molar-refractivity contribution in [2.75, 3.05) is 5.73 Å². The van der Waals surface area contributed by atoms with Crippen molar-refractivity contribution in [2.24, 2.45) is 0 Å². The number of Topliss-reactive ketones (excluding diaryl/α,β-unsaturated/α-hetero) is 1. The normalized spacial score (nSPS) is 29.9. The number of ketones is 1. The highest BCUT2D eigenvalue weighted by Gasteiger charge is 2.46. The summed E-state index contributed by atoms with van der Waals surface area (Å²) in [6.45, 7) is 1.29. The van der Waals surface area contributed by atoms with E-state index in [9.17, 15) is 15.0 Å². The molecule has 0 aliphatic carbocycles. The minimum atomic E-state index is -1.30. The van der Waals surface area contributed by atoms with Crippen molar-refractivity contribution in [3.63, 3.8) is 0 Å². The lowest BCUT2D eigenvalue weighted by Gasteiger charge is -2.16. The molecule has 1 aliphatic rings. The summed E-state index contributed by atoms with van der Waals surface area (Å²) in [7, 11) is 0. The first-order valence-electron chi connectivity index (χ1n) is 5.95. The molecule has 2 aromatic heterocycles. The Morgan fingerprint density at radius 2 is 2.10 bits per heavy atom. The summed E-state index contributed by atoms with van der Waals surface area (Å²) in [5.74, 6) is -0.164. The lowest BCUT2D eigenvalue weighted by Crippen LogP contribution is -2.34. The molecule has 1 fully saturated rings. The van der Waals surface area contributed by atoms with E-state index in [2.05, 4.69) is 15.0 Å². The number of carbonyl (C=O) groups is 1. The highest BCUT2D eigenvalue weighted by atomic mass is 16.6. The predicted octanol–water partition coefficient (Wildman–Crippen LogP) is -1.38. The first-order chi connectivity index (χ1) is 9.50. The Labute approximate surface area is 113 Å². The van der Waals surface area contributed by atoms with E-state index < -0.39 is 24.5 Å². The zero-order valence-corrected chi connectivity index (χ0v) is 10.5. The van der Waals surface area contributed by atoms with Gasteiger partial charge in [-0.05, 0) is 6.92 Å². The van der Waals surface area contributed by atoms with Crippen LogP contribution >= 0.6 is 0 Å². The standard InChI is InChI=1S/C11H13N5O4/c1-4(17)8-6(18)7(19)11(20-8)16-3-15-5-9(12)13-2-14-10(5)16/h2-3,6-8,11,18-19H,1H3,(H2,12,13,14)/t6-,7+,8+,11+/m0/s1. The maximum Gasteiger partial charge on any atom is 0.167 e. The fourth-order valence-corrected chi connectivity index (χ4v) is 2.28. The number of rotatable bonds is 2. The third-order valence-corrected chi connectivity index (χ3v) is 3.30. The van der Waals surface area contributed by atoms with Crippen molar-refractivity contribution in [3.05, 3.63) is 12.7 Å². The van der Waals surface area contributed by atoms with Crippen LogP contribution in [0.25, 0.3) is 11.2 Å². The van der Waals surface area contributed by atoms with Crippen LogP contribution in [-0.2, 0) is 9.53 Å². The van der Waals surface area contributed by atoms with Gasteiger partial charge in [-0.25, -0.2) is 15.0 Å². The average Bonchev–Trinajstić information content (AvgIpc) is 2.94. The Morgan fingerprint density at radius 1 is 1.35 bits per heavy atom. The second-order valence-corrected chi connectivity index (χ2v) is 4.62. The van der Waals surface area contributed by atoms with Gasteiger partial charge in [-0.1, -0.05) is 0 Å². The number of nitrogens with zero attached hydrogens (tertiary/aromatic N) is 4. The summed E-state index contributed by atoms with van der Waals surface area (Å²) in [6.07, 6.45) is -1.97. The van der Waals surface area contributed by atoms with E-state index in [1.807, 2.05) is 0 Å². The number of anilines is 1. The molecule has 9 nitrogen and oxygen atoms in total. The Hall–Kier alpha value is -2.10. The van der Waals surface area contributed by atoms with Crippen LogP contribution in [0, 0.1) is 0 Å². The van der Waals surface area contributed by atoms with E-state index in [1.54, 1.807) is 0 Å². The van der Waals surface area contributed by atoms with Crippen LogP contribution < -0.4 is 5.73 Å². The number of hydrogen-bond donors (Lipinski definition) is 3. The van der Waals surface area contributed by atoms with Crippen molar-refractivity contribution in [2.45, 2.75) is 31.5 Å². The van der Waals surface area contributed by atoms with E-state index in [1.165, 1.54) is 24.1 Å². The van der Waals surface area contributed by atoms with E-state index >= 15 is 0 Å². The van der Waals surface area contributed by atoms with Gasteiger partial charge in [0.25, 0.3) is 0 Å². The number of carbonyl (C=O) groups excluding carboxylic acids is 1. The van der Waals surface area contributed by atoms with Gasteiger partial charge in [-0.15, -0.1) is 0 Å². The zero-order chi connectivity index (χ0) is 14.4. The molecule has 3 heterocycles. The summed E-state index contributed by atoms with van der Waals surface area (Å²) in [5.41, 5.74) is 6.40. The first kappa shape index (κ1) is 12.9. The lowest BCUT2D eigenvalue weighted by molar-refractivity contribution is -0.133. The van der Waals surface area contributed by atoms with Gasteiger partial charge in [0.2, 0.25) is 0 Å². The molecule has 0 radical (unpaired) electrons. The number of fused-ring (bicyclic) bond motifs is 1. The smallest absolute Gasteiger partial charge is 0.167 e. The van der Waals surface area contributed by atoms with Gasteiger partial charge in [0.1, 0.15) is 30.2 Å². The van der Waals surface area contributed by atoms with Crippen molar-refractivity contribution in [1.29, 1.82) is 0 Å². The van der Waals surface area contributed by atoms with E-state index in [-0.39, 0.29) is 11.6 Å². The molecule has 1 aliphatic heterocycles. The van der Waals surface area contributed by atoms with Gasteiger partial charge in [-0.3, -0.25) is 9.36 Å². The topological polar surface area (TPSA) is 136 Å². The van der Waals surface area contributed by atoms with Gasteiger partial charge in [0.05, 0.1) is 6.33 Å². The fourth-order valence-electron chi connectivity index (χ4n) is 2.28. The number of aromatic nitrogens is 4. The van der Waals surface area contributed by atoms with Gasteiger partial charge in [0.15, 0.2) is 23.5 Å². The molecular weight excluding hydrogens is 266 g/mol. The van der Waals surface area contributed by atoms with Crippen LogP contribution in [0.5, 0.6) is 0 Å². The third-order valence-electron chi connectivity index (χ3n) is 3.30. The van der Waals surface area contributed by atoms with E-state index in [0.717, 1.165) is 0 Å². The summed E-state index contributed by atoms with van der Waals surface area (Å²) in [5, 5.41) is 19.9. The summed E-state index contributed by atoms with van der Waals surface area (Å²) >= 11 is 0. The Kier molecular flexibility index (Phi) is 2.89. The third kappa shape index (κ3) is 1.75. The molecule has 4 atom stereocenters. The summed E-state index contributed by atoms with van der Waals surface area (Å²) < 4.78 is 6.83. The Balaban J connectivity index is 2.04. The minimum Gasteiger partial charge on any atom is -0.387 e. The predicted molar refractivity (Wildman–Crippen MR) is 66.3 cm³/mol. The van der Waals surface area contributed by atoms with Crippen LogP contribution in [0.3, 0.4) is 0 Å². The highest BCUT2D eigenvalue weighted by molar-refractivity contribution is 5.82. The molecule has 0 spiro atoms.